The number of halogens is 4. The van der Waals surface area contributed by atoms with Crippen molar-refractivity contribution in [3.05, 3.63) is 52.5 Å². The van der Waals surface area contributed by atoms with E-state index in [1.54, 1.807) is 31.2 Å². The van der Waals surface area contributed by atoms with Crippen LogP contribution in [0.4, 0.5) is 30.2 Å². The van der Waals surface area contributed by atoms with E-state index in [4.69, 9.17) is 22.1 Å². The maximum Gasteiger partial charge on any atom is 0.417 e. The van der Waals surface area contributed by atoms with Gasteiger partial charge in [-0.1, -0.05) is 23.7 Å². The zero-order valence-electron chi connectivity index (χ0n) is 13.3. The third-order valence-electron chi connectivity index (χ3n) is 3.33. The zero-order chi connectivity index (χ0) is 18.6. The lowest BCUT2D eigenvalue weighted by atomic mass is 10.1. The van der Waals surface area contributed by atoms with E-state index >= 15 is 0 Å². The fraction of sp³-hybridized carbons (Fsp3) is 0.235. The maximum atomic E-state index is 12.8. The average Bonchev–Trinajstić information content (AvgIpc) is 2.51. The van der Waals surface area contributed by atoms with Crippen LogP contribution >= 0.6 is 11.6 Å². The van der Waals surface area contributed by atoms with Crippen molar-refractivity contribution in [3.63, 3.8) is 0 Å². The van der Waals surface area contributed by atoms with E-state index in [1.807, 2.05) is 0 Å². The normalized spacial score (nSPS) is 11.2. The van der Waals surface area contributed by atoms with Crippen LogP contribution in [0.3, 0.4) is 0 Å². The topological polar surface area (TPSA) is 64.3 Å². The molecule has 2 aromatic carbocycles. The number of alkyl halides is 3. The van der Waals surface area contributed by atoms with Crippen LogP contribution in [0.2, 0.25) is 5.02 Å². The summed E-state index contributed by atoms with van der Waals surface area (Å²) in [4.78, 5) is 11.4. The van der Waals surface area contributed by atoms with Crippen LogP contribution in [0.5, 0.6) is 0 Å². The van der Waals surface area contributed by atoms with Gasteiger partial charge in [-0.2, -0.15) is 13.2 Å². The van der Waals surface area contributed by atoms with Crippen molar-refractivity contribution in [1.29, 1.82) is 0 Å². The Kier molecular flexibility index (Phi) is 5.79. The number of anilines is 3. The van der Waals surface area contributed by atoms with Crippen molar-refractivity contribution in [1.82, 2.24) is 0 Å². The highest BCUT2D eigenvalue weighted by molar-refractivity contribution is 6.32. The smallest absolute Gasteiger partial charge is 0.417 e. The lowest BCUT2D eigenvalue weighted by Crippen LogP contribution is -2.08. The summed E-state index contributed by atoms with van der Waals surface area (Å²) >= 11 is 5.70. The molecule has 0 atom stereocenters. The van der Waals surface area contributed by atoms with Gasteiger partial charge in [0, 0.05) is 5.69 Å². The Bertz CT molecular complexity index is 762. The minimum Gasteiger partial charge on any atom is -0.466 e. The molecule has 0 spiro atoms. The van der Waals surface area contributed by atoms with E-state index in [2.05, 4.69) is 5.32 Å². The molecular formula is C17H16ClF3N2O2. The van der Waals surface area contributed by atoms with Crippen LogP contribution in [0, 0.1) is 0 Å². The molecule has 2 aromatic rings. The van der Waals surface area contributed by atoms with E-state index in [-0.39, 0.29) is 23.8 Å². The van der Waals surface area contributed by atoms with Crippen LogP contribution in [-0.4, -0.2) is 12.6 Å². The van der Waals surface area contributed by atoms with Crippen molar-refractivity contribution in [2.24, 2.45) is 0 Å². The predicted molar refractivity (Wildman–Crippen MR) is 90.9 cm³/mol. The van der Waals surface area contributed by atoms with Gasteiger partial charge in [0.05, 0.1) is 35.0 Å². The molecule has 2 rings (SSSR count). The molecule has 0 saturated heterocycles. The number of carbonyl (C=O) groups is 1. The molecule has 0 radical (unpaired) electrons. The molecule has 0 saturated carbocycles. The Morgan fingerprint density at radius 1 is 1.24 bits per heavy atom. The number of nitrogens with one attached hydrogen (secondary N) is 1. The molecule has 0 aliphatic rings. The van der Waals surface area contributed by atoms with Crippen LogP contribution in [-0.2, 0) is 22.1 Å². The molecule has 3 N–H and O–H groups in total. The lowest BCUT2D eigenvalue weighted by Gasteiger charge is -2.14. The molecule has 0 amide bonds. The van der Waals surface area contributed by atoms with E-state index < -0.39 is 16.8 Å². The number of esters is 1. The molecule has 0 aliphatic carbocycles. The minimum absolute atomic E-state index is 0.0766. The Balaban J connectivity index is 2.15. The van der Waals surface area contributed by atoms with Crippen LogP contribution < -0.4 is 11.1 Å². The van der Waals surface area contributed by atoms with Gasteiger partial charge < -0.3 is 15.8 Å². The molecule has 8 heteroatoms. The second kappa shape index (κ2) is 7.65. The standard InChI is InChI=1S/C17H16ClF3N2O2/c1-2-25-16(24)7-10-3-5-11(6-4-10)23-15-9-13(18)12(8-14(15)22)17(19,20)21/h3-6,8-9,23H,2,7,22H2,1H3. The first kappa shape index (κ1) is 18.9. The fourth-order valence-corrected chi connectivity index (χ4v) is 2.43. The lowest BCUT2D eigenvalue weighted by molar-refractivity contribution is -0.142. The molecular weight excluding hydrogens is 357 g/mol. The summed E-state index contributed by atoms with van der Waals surface area (Å²) in [7, 11) is 0. The second-order valence-corrected chi connectivity index (χ2v) is 5.63. The number of rotatable bonds is 5. The van der Waals surface area contributed by atoms with E-state index in [0.29, 0.717) is 12.3 Å². The molecule has 25 heavy (non-hydrogen) atoms. The van der Waals surface area contributed by atoms with Crippen LogP contribution in [0.15, 0.2) is 36.4 Å². The zero-order valence-corrected chi connectivity index (χ0v) is 14.0. The Morgan fingerprint density at radius 3 is 2.44 bits per heavy atom. The number of benzene rings is 2. The predicted octanol–water partition coefficient (Wildman–Crippen LogP) is 4.79. The summed E-state index contributed by atoms with van der Waals surface area (Å²) in [5.41, 5.74) is 6.23. The molecule has 0 bridgehead atoms. The Morgan fingerprint density at radius 2 is 1.88 bits per heavy atom. The van der Waals surface area contributed by atoms with Gasteiger partial charge in [0.1, 0.15) is 0 Å². The summed E-state index contributed by atoms with van der Waals surface area (Å²) in [6.45, 7) is 2.04. The van der Waals surface area contributed by atoms with Gasteiger partial charge in [-0.15, -0.1) is 0 Å². The fourth-order valence-electron chi connectivity index (χ4n) is 2.16. The molecule has 0 aliphatic heterocycles. The van der Waals surface area contributed by atoms with Gasteiger partial charge in [-0.25, -0.2) is 0 Å². The molecule has 0 aromatic heterocycles. The minimum atomic E-state index is -4.57. The number of hydrogen-bond acceptors (Lipinski definition) is 4. The van der Waals surface area contributed by atoms with Crippen molar-refractivity contribution in [2.75, 3.05) is 17.7 Å². The maximum absolute atomic E-state index is 12.8. The SMILES string of the molecule is CCOC(=O)Cc1ccc(Nc2cc(Cl)c(C(F)(F)F)cc2N)cc1. The van der Waals surface area contributed by atoms with Crippen LogP contribution in [0.25, 0.3) is 0 Å². The van der Waals surface area contributed by atoms with Gasteiger partial charge in [0.25, 0.3) is 0 Å². The quantitative estimate of drug-likeness (QED) is 0.585. The van der Waals surface area contributed by atoms with Crippen molar-refractivity contribution >= 4 is 34.6 Å². The Labute approximate surface area is 147 Å². The number of nitrogen functional groups attached to an aromatic ring is 1. The van der Waals surface area contributed by atoms with E-state index in [9.17, 15) is 18.0 Å². The second-order valence-electron chi connectivity index (χ2n) is 5.22. The number of ether oxygens (including phenoxy) is 1. The van der Waals surface area contributed by atoms with Gasteiger partial charge >= 0.3 is 12.1 Å². The average molecular weight is 373 g/mol. The first-order chi connectivity index (χ1) is 11.7. The first-order valence-corrected chi connectivity index (χ1v) is 7.76. The van der Waals surface area contributed by atoms with Crippen molar-refractivity contribution < 1.29 is 22.7 Å². The van der Waals surface area contributed by atoms with Crippen molar-refractivity contribution in [3.8, 4) is 0 Å². The van der Waals surface area contributed by atoms with Crippen molar-refractivity contribution in [2.45, 2.75) is 19.5 Å². The number of hydrogen-bond donors (Lipinski definition) is 2. The van der Waals surface area contributed by atoms with Gasteiger partial charge in [0.2, 0.25) is 0 Å². The first-order valence-electron chi connectivity index (χ1n) is 7.38. The highest BCUT2D eigenvalue weighted by atomic mass is 35.5. The van der Waals surface area contributed by atoms with E-state index in [1.165, 1.54) is 0 Å². The third kappa shape index (κ3) is 5.03. The molecule has 0 fully saturated rings. The third-order valence-corrected chi connectivity index (χ3v) is 3.64. The largest absolute Gasteiger partial charge is 0.466 e. The Hall–Kier alpha value is -2.41. The van der Waals surface area contributed by atoms with Gasteiger partial charge in [0.15, 0.2) is 0 Å². The molecule has 134 valence electrons. The summed E-state index contributed by atoms with van der Waals surface area (Å²) < 4.78 is 43.2. The molecule has 0 unspecified atom stereocenters. The van der Waals surface area contributed by atoms with Gasteiger partial charge in [-0.3, -0.25) is 4.79 Å². The molecule has 4 nitrogen and oxygen atoms in total. The number of carbonyl (C=O) groups excluding carboxylic acids is 1. The highest BCUT2D eigenvalue weighted by Gasteiger charge is 2.33. The van der Waals surface area contributed by atoms with E-state index in [0.717, 1.165) is 17.7 Å². The van der Waals surface area contributed by atoms with Gasteiger partial charge in [-0.05, 0) is 36.8 Å². The van der Waals surface area contributed by atoms with Crippen LogP contribution in [0.1, 0.15) is 18.1 Å². The molecule has 0 heterocycles. The monoisotopic (exact) mass is 372 g/mol. The highest BCUT2D eigenvalue weighted by Crippen LogP contribution is 2.39. The summed E-state index contributed by atoms with van der Waals surface area (Å²) in [6, 6.07) is 8.70. The summed E-state index contributed by atoms with van der Waals surface area (Å²) in [6.07, 6.45) is -4.43. The number of nitrogens with two attached hydrogens (primary N) is 1. The summed E-state index contributed by atoms with van der Waals surface area (Å²) in [5.74, 6) is -0.332. The summed E-state index contributed by atoms with van der Waals surface area (Å²) in [5, 5.41) is 2.46.